The minimum Gasteiger partial charge on any atom is -0.508 e. The van der Waals surface area contributed by atoms with Gasteiger partial charge in [0.15, 0.2) is 5.75 Å². The highest BCUT2D eigenvalue weighted by Gasteiger charge is 2.14. The Morgan fingerprint density at radius 2 is 2.31 bits per heavy atom. The van der Waals surface area contributed by atoms with Crippen molar-refractivity contribution in [3.63, 3.8) is 0 Å². The van der Waals surface area contributed by atoms with Gasteiger partial charge in [-0.15, -0.1) is 0 Å². The number of nitrogens with zero attached hydrogens (tertiary/aromatic N) is 1. The third-order valence-corrected chi connectivity index (χ3v) is 1.44. The third-order valence-electron chi connectivity index (χ3n) is 1.44. The van der Waals surface area contributed by atoms with Crippen LogP contribution in [0, 0.1) is 10.1 Å². The van der Waals surface area contributed by atoms with Crippen molar-refractivity contribution in [2.75, 3.05) is 6.61 Å². The zero-order valence-electron chi connectivity index (χ0n) is 7.06. The Hall–Kier alpha value is -1.78. The lowest BCUT2D eigenvalue weighted by atomic mass is 10.3. The molecule has 0 aromatic heterocycles. The summed E-state index contributed by atoms with van der Waals surface area (Å²) in [6.07, 6.45) is 0. The highest BCUT2D eigenvalue weighted by Crippen LogP contribution is 2.30. The molecule has 0 aliphatic heterocycles. The molecule has 5 heteroatoms. The first-order chi connectivity index (χ1) is 6.15. The number of phenolic OH excluding ortho intramolecular Hbond substituents is 1. The molecule has 0 heterocycles. The molecule has 0 saturated heterocycles. The van der Waals surface area contributed by atoms with Crippen LogP contribution in [-0.4, -0.2) is 16.6 Å². The van der Waals surface area contributed by atoms with Gasteiger partial charge < -0.3 is 9.84 Å². The van der Waals surface area contributed by atoms with Gasteiger partial charge >= 0.3 is 5.69 Å². The quantitative estimate of drug-likeness (QED) is 0.571. The van der Waals surface area contributed by atoms with E-state index in [0.29, 0.717) is 6.61 Å². The Bertz CT molecular complexity index is 324. The van der Waals surface area contributed by atoms with Gasteiger partial charge in [-0.05, 0) is 19.1 Å². The SMILES string of the molecule is CCOc1ccc(O)cc1[N+](=O)[O-]. The van der Waals surface area contributed by atoms with Crippen molar-refractivity contribution in [2.45, 2.75) is 6.92 Å². The van der Waals surface area contributed by atoms with E-state index in [9.17, 15) is 10.1 Å². The lowest BCUT2D eigenvalue weighted by Crippen LogP contribution is -1.96. The fourth-order valence-electron chi connectivity index (χ4n) is 0.926. The molecular formula is C8H9NO4. The molecule has 0 bridgehead atoms. The van der Waals surface area contributed by atoms with Crippen LogP contribution in [0.4, 0.5) is 5.69 Å². The molecule has 0 saturated carbocycles. The first-order valence-electron chi connectivity index (χ1n) is 3.75. The van der Waals surface area contributed by atoms with Crippen LogP contribution in [0.15, 0.2) is 18.2 Å². The van der Waals surface area contributed by atoms with Crippen LogP contribution < -0.4 is 4.74 Å². The molecule has 5 nitrogen and oxygen atoms in total. The predicted octanol–water partition coefficient (Wildman–Crippen LogP) is 1.70. The van der Waals surface area contributed by atoms with E-state index in [0.717, 1.165) is 6.07 Å². The van der Waals surface area contributed by atoms with Crippen molar-refractivity contribution in [2.24, 2.45) is 0 Å². The lowest BCUT2D eigenvalue weighted by molar-refractivity contribution is -0.385. The summed E-state index contributed by atoms with van der Waals surface area (Å²) < 4.78 is 5.00. The van der Waals surface area contributed by atoms with Crippen LogP contribution in [0.3, 0.4) is 0 Å². The van der Waals surface area contributed by atoms with E-state index in [1.165, 1.54) is 12.1 Å². The highest BCUT2D eigenvalue weighted by atomic mass is 16.6. The largest absolute Gasteiger partial charge is 0.508 e. The fourth-order valence-corrected chi connectivity index (χ4v) is 0.926. The maximum Gasteiger partial charge on any atom is 0.314 e. The summed E-state index contributed by atoms with van der Waals surface area (Å²) in [6, 6.07) is 3.78. The first kappa shape index (κ1) is 9.31. The summed E-state index contributed by atoms with van der Waals surface area (Å²) in [5, 5.41) is 19.5. The Morgan fingerprint density at radius 3 is 2.85 bits per heavy atom. The number of nitro benzene ring substituents is 1. The standard InChI is InChI=1S/C8H9NO4/c1-2-13-8-4-3-6(10)5-7(8)9(11)12/h3-5,10H,2H2,1H3. The predicted molar refractivity (Wildman–Crippen MR) is 45.9 cm³/mol. The van der Waals surface area contributed by atoms with Gasteiger partial charge in [-0.25, -0.2) is 0 Å². The molecule has 70 valence electrons. The molecule has 0 atom stereocenters. The average Bonchev–Trinajstić information content (AvgIpc) is 2.08. The number of hydrogen-bond donors (Lipinski definition) is 1. The molecule has 13 heavy (non-hydrogen) atoms. The highest BCUT2D eigenvalue weighted by molar-refractivity contribution is 5.50. The van der Waals surface area contributed by atoms with Gasteiger partial charge in [-0.2, -0.15) is 0 Å². The van der Waals surface area contributed by atoms with Gasteiger partial charge in [0.1, 0.15) is 5.75 Å². The molecule has 1 aromatic rings. The van der Waals surface area contributed by atoms with Gasteiger partial charge in [-0.1, -0.05) is 0 Å². The second-order valence-corrected chi connectivity index (χ2v) is 2.34. The summed E-state index contributed by atoms with van der Waals surface area (Å²) in [4.78, 5) is 9.87. The molecule has 0 aliphatic rings. The zero-order valence-corrected chi connectivity index (χ0v) is 7.06. The fraction of sp³-hybridized carbons (Fsp3) is 0.250. The Labute approximate surface area is 74.7 Å². The van der Waals surface area contributed by atoms with Gasteiger partial charge in [0, 0.05) is 0 Å². The van der Waals surface area contributed by atoms with Crippen LogP contribution in [0.2, 0.25) is 0 Å². The van der Waals surface area contributed by atoms with Crippen molar-refractivity contribution >= 4 is 5.69 Å². The number of hydrogen-bond acceptors (Lipinski definition) is 4. The maximum absolute atomic E-state index is 10.5. The number of rotatable bonds is 3. The van der Waals surface area contributed by atoms with E-state index in [1.807, 2.05) is 0 Å². The summed E-state index contributed by atoms with van der Waals surface area (Å²) in [5.74, 6) is 0.0282. The molecule has 0 aliphatic carbocycles. The van der Waals surface area contributed by atoms with E-state index < -0.39 is 4.92 Å². The molecule has 0 radical (unpaired) electrons. The zero-order chi connectivity index (χ0) is 9.84. The Morgan fingerprint density at radius 1 is 1.62 bits per heavy atom. The van der Waals surface area contributed by atoms with Gasteiger partial charge in [-0.3, -0.25) is 10.1 Å². The van der Waals surface area contributed by atoms with Crippen molar-refractivity contribution in [1.82, 2.24) is 0 Å². The van der Waals surface area contributed by atoms with Crippen molar-refractivity contribution in [1.29, 1.82) is 0 Å². The molecule has 1 rings (SSSR count). The monoisotopic (exact) mass is 183 g/mol. The molecule has 0 unspecified atom stereocenters. The van der Waals surface area contributed by atoms with E-state index in [4.69, 9.17) is 9.84 Å². The summed E-state index contributed by atoms with van der Waals surface area (Å²) in [7, 11) is 0. The molecule has 0 amide bonds. The molecule has 1 aromatic carbocycles. The lowest BCUT2D eigenvalue weighted by Gasteiger charge is -2.03. The van der Waals surface area contributed by atoms with Crippen LogP contribution in [0.25, 0.3) is 0 Å². The first-order valence-corrected chi connectivity index (χ1v) is 3.75. The summed E-state index contributed by atoms with van der Waals surface area (Å²) in [6.45, 7) is 2.09. The molecule has 1 N–H and O–H groups in total. The average molecular weight is 183 g/mol. The minimum atomic E-state index is -0.593. The van der Waals surface area contributed by atoms with Crippen LogP contribution in [-0.2, 0) is 0 Å². The smallest absolute Gasteiger partial charge is 0.314 e. The summed E-state index contributed by atoms with van der Waals surface area (Å²) in [5.41, 5.74) is -0.221. The van der Waals surface area contributed by atoms with Crippen molar-refractivity contribution < 1.29 is 14.8 Å². The van der Waals surface area contributed by atoms with E-state index in [2.05, 4.69) is 0 Å². The maximum atomic E-state index is 10.5. The van der Waals surface area contributed by atoms with E-state index in [-0.39, 0.29) is 17.2 Å². The van der Waals surface area contributed by atoms with Gasteiger partial charge in [0.25, 0.3) is 0 Å². The minimum absolute atomic E-state index is 0.143. The van der Waals surface area contributed by atoms with Crippen LogP contribution in [0.5, 0.6) is 11.5 Å². The number of aromatic hydroxyl groups is 1. The van der Waals surface area contributed by atoms with Gasteiger partial charge in [0.05, 0.1) is 17.6 Å². The Balaban J connectivity index is 3.10. The van der Waals surface area contributed by atoms with Crippen LogP contribution >= 0.6 is 0 Å². The topological polar surface area (TPSA) is 72.6 Å². The normalized spacial score (nSPS) is 9.62. The second-order valence-electron chi connectivity index (χ2n) is 2.34. The molecule has 0 fully saturated rings. The number of phenols is 1. The van der Waals surface area contributed by atoms with E-state index in [1.54, 1.807) is 6.92 Å². The second kappa shape index (κ2) is 3.75. The molecular weight excluding hydrogens is 174 g/mol. The third kappa shape index (κ3) is 2.08. The molecule has 0 spiro atoms. The van der Waals surface area contributed by atoms with Crippen LogP contribution in [0.1, 0.15) is 6.92 Å². The van der Waals surface area contributed by atoms with E-state index >= 15 is 0 Å². The number of nitro groups is 1. The summed E-state index contributed by atoms with van der Waals surface area (Å²) >= 11 is 0. The number of benzene rings is 1. The van der Waals surface area contributed by atoms with Gasteiger partial charge in [0.2, 0.25) is 0 Å². The number of ether oxygens (including phenoxy) is 1. The van der Waals surface area contributed by atoms with Crippen molar-refractivity contribution in [3.05, 3.63) is 28.3 Å². The Kier molecular flexibility index (Phi) is 2.69. The van der Waals surface area contributed by atoms with Crippen molar-refractivity contribution in [3.8, 4) is 11.5 Å².